The van der Waals surface area contributed by atoms with Crippen LogP contribution >= 0.6 is 11.6 Å². The molecule has 2 rings (SSSR count). The molecule has 0 aliphatic heterocycles. The van der Waals surface area contributed by atoms with E-state index >= 15 is 0 Å². The molecule has 0 fully saturated rings. The van der Waals surface area contributed by atoms with Gasteiger partial charge < -0.3 is 15.4 Å². The van der Waals surface area contributed by atoms with Crippen LogP contribution < -0.4 is 15.4 Å². The first-order valence-electron chi connectivity index (χ1n) is 6.45. The van der Waals surface area contributed by atoms with Gasteiger partial charge >= 0.3 is 0 Å². The Morgan fingerprint density at radius 3 is 2.73 bits per heavy atom. The number of hydrogen-bond acceptors (Lipinski definition) is 5. The number of carbonyl (C=O) groups is 1. The van der Waals surface area contributed by atoms with Crippen molar-refractivity contribution in [3.63, 3.8) is 0 Å². The van der Waals surface area contributed by atoms with Gasteiger partial charge in [0.2, 0.25) is 5.95 Å². The zero-order valence-corrected chi connectivity index (χ0v) is 12.7. The molecule has 0 atom stereocenters. The molecule has 6 nitrogen and oxygen atoms in total. The second-order valence-corrected chi connectivity index (χ2v) is 4.68. The van der Waals surface area contributed by atoms with Crippen LogP contribution in [-0.2, 0) is 0 Å². The number of hydrogen-bond donors (Lipinski definition) is 2. The van der Waals surface area contributed by atoms with Crippen LogP contribution in [0.3, 0.4) is 0 Å². The van der Waals surface area contributed by atoms with Crippen molar-refractivity contribution in [2.75, 3.05) is 19.0 Å². The van der Waals surface area contributed by atoms with Crippen molar-refractivity contribution in [1.82, 2.24) is 15.3 Å². The third-order valence-corrected chi connectivity index (χ3v) is 3.02. The molecule has 114 valence electrons. The van der Waals surface area contributed by atoms with Crippen molar-refractivity contribution >= 4 is 29.1 Å². The highest BCUT2D eigenvalue weighted by Gasteiger charge is 2.07. The first-order valence-corrected chi connectivity index (χ1v) is 6.83. The summed E-state index contributed by atoms with van der Waals surface area (Å²) in [5.74, 6) is 0.697. The molecular formula is C15H15ClN4O2. The quantitative estimate of drug-likeness (QED) is 0.801. The summed E-state index contributed by atoms with van der Waals surface area (Å²) in [5.41, 5.74) is 1.09. The monoisotopic (exact) mass is 318 g/mol. The fraction of sp³-hybridized carbons (Fsp3) is 0.133. The van der Waals surface area contributed by atoms with Crippen LogP contribution in [0.1, 0.15) is 10.4 Å². The van der Waals surface area contributed by atoms with Gasteiger partial charge in [-0.05, 0) is 18.2 Å². The Labute approximate surface area is 133 Å². The number of nitrogens with zero attached hydrogens (tertiary/aromatic N) is 2. The molecule has 0 saturated heterocycles. The highest BCUT2D eigenvalue weighted by Crippen LogP contribution is 2.28. The number of ether oxygens (including phenoxy) is 1. The van der Waals surface area contributed by atoms with Gasteiger partial charge in [-0.15, -0.1) is 6.58 Å². The van der Waals surface area contributed by atoms with Crippen molar-refractivity contribution in [3.05, 3.63) is 53.8 Å². The molecule has 1 amide bonds. The SMILES string of the molecule is C=CCNC(=O)c1cnc(Nc2ccc(OC)c(Cl)c2)nc1. The zero-order chi connectivity index (χ0) is 15.9. The van der Waals surface area contributed by atoms with Crippen LogP contribution in [0, 0.1) is 0 Å². The van der Waals surface area contributed by atoms with Gasteiger partial charge in [0, 0.05) is 24.6 Å². The van der Waals surface area contributed by atoms with E-state index < -0.39 is 0 Å². The maximum atomic E-state index is 11.7. The van der Waals surface area contributed by atoms with Crippen molar-refractivity contribution in [1.29, 1.82) is 0 Å². The largest absolute Gasteiger partial charge is 0.495 e. The smallest absolute Gasteiger partial charge is 0.254 e. The molecule has 0 bridgehead atoms. The molecule has 0 radical (unpaired) electrons. The lowest BCUT2D eigenvalue weighted by Gasteiger charge is -2.08. The number of carbonyl (C=O) groups excluding carboxylic acids is 1. The molecule has 7 heteroatoms. The first kappa shape index (κ1) is 15.8. The van der Waals surface area contributed by atoms with Gasteiger partial charge in [-0.3, -0.25) is 4.79 Å². The van der Waals surface area contributed by atoms with Gasteiger partial charge in [-0.2, -0.15) is 0 Å². The van der Waals surface area contributed by atoms with Crippen molar-refractivity contribution in [2.45, 2.75) is 0 Å². The van der Waals surface area contributed by atoms with E-state index in [2.05, 4.69) is 27.2 Å². The second kappa shape index (κ2) is 7.42. The number of rotatable bonds is 6. The van der Waals surface area contributed by atoms with E-state index in [1.165, 1.54) is 12.4 Å². The van der Waals surface area contributed by atoms with Crippen LogP contribution in [0.15, 0.2) is 43.2 Å². The third-order valence-electron chi connectivity index (χ3n) is 2.73. The second-order valence-electron chi connectivity index (χ2n) is 4.27. The van der Waals surface area contributed by atoms with Crippen molar-refractivity contribution in [2.24, 2.45) is 0 Å². The van der Waals surface area contributed by atoms with E-state index in [0.29, 0.717) is 28.8 Å². The van der Waals surface area contributed by atoms with Gasteiger partial charge in [0.25, 0.3) is 5.91 Å². The van der Waals surface area contributed by atoms with Gasteiger partial charge in [0.15, 0.2) is 0 Å². The van der Waals surface area contributed by atoms with Crippen molar-refractivity contribution < 1.29 is 9.53 Å². The van der Waals surface area contributed by atoms with E-state index in [-0.39, 0.29) is 5.91 Å². The van der Waals surface area contributed by atoms with E-state index in [9.17, 15) is 4.79 Å². The highest BCUT2D eigenvalue weighted by atomic mass is 35.5. The standard InChI is InChI=1S/C15H15ClN4O2/c1-3-6-17-14(21)10-8-18-15(19-9-10)20-11-4-5-13(22-2)12(16)7-11/h3-5,7-9H,1,6H2,2H3,(H,17,21)(H,18,19,20). The molecule has 22 heavy (non-hydrogen) atoms. The fourth-order valence-electron chi connectivity index (χ4n) is 1.65. The van der Waals surface area contributed by atoms with Gasteiger partial charge in [0.1, 0.15) is 5.75 Å². The Morgan fingerprint density at radius 1 is 1.41 bits per heavy atom. The van der Waals surface area contributed by atoms with Crippen LogP contribution in [0.25, 0.3) is 0 Å². The number of benzene rings is 1. The van der Waals surface area contributed by atoms with E-state index in [1.54, 1.807) is 31.4 Å². The van der Waals surface area contributed by atoms with Crippen molar-refractivity contribution in [3.8, 4) is 5.75 Å². The van der Waals surface area contributed by atoms with Gasteiger partial charge in [-0.1, -0.05) is 17.7 Å². The van der Waals surface area contributed by atoms with Gasteiger partial charge in [-0.25, -0.2) is 9.97 Å². The molecule has 1 aromatic heterocycles. The summed E-state index contributed by atoms with van der Waals surface area (Å²) < 4.78 is 5.08. The molecule has 0 aliphatic rings. The summed E-state index contributed by atoms with van der Waals surface area (Å²) in [4.78, 5) is 19.9. The van der Waals surface area contributed by atoms with Crippen LogP contribution in [-0.4, -0.2) is 29.5 Å². The van der Waals surface area contributed by atoms with E-state index in [4.69, 9.17) is 16.3 Å². The lowest BCUT2D eigenvalue weighted by Crippen LogP contribution is -2.23. The third kappa shape index (κ3) is 3.95. The maximum Gasteiger partial charge on any atom is 0.254 e. The molecule has 2 aromatic rings. The fourth-order valence-corrected chi connectivity index (χ4v) is 1.91. The molecule has 0 unspecified atom stereocenters. The minimum absolute atomic E-state index is 0.251. The minimum atomic E-state index is -0.251. The average molecular weight is 319 g/mol. The number of nitrogens with one attached hydrogen (secondary N) is 2. The molecule has 1 aromatic carbocycles. The Hall–Kier alpha value is -2.60. The van der Waals surface area contributed by atoms with E-state index in [1.807, 2.05) is 0 Å². The Kier molecular flexibility index (Phi) is 5.32. The van der Waals surface area contributed by atoms with Crippen LogP contribution in [0.4, 0.5) is 11.6 Å². The van der Waals surface area contributed by atoms with E-state index in [0.717, 1.165) is 5.69 Å². The topological polar surface area (TPSA) is 76.1 Å². The zero-order valence-electron chi connectivity index (χ0n) is 12.0. The molecule has 1 heterocycles. The Morgan fingerprint density at radius 2 is 2.14 bits per heavy atom. The van der Waals surface area contributed by atoms with Crippen LogP contribution in [0.2, 0.25) is 5.02 Å². The Balaban J connectivity index is 2.06. The number of aromatic nitrogens is 2. The number of amides is 1. The molecule has 0 spiro atoms. The summed E-state index contributed by atoms with van der Waals surface area (Å²) >= 11 is 6.04. The lowest BCUT2D eigenvalue weighted by atomic mass is 10.3. The summed E-state index contributed by atoms with van der Waals surface area (Å²) in [7, 11) is 1.55. The molecule has 0 saturated carbocycles. The summed E-state index contributed by atoms with van der Waals surface area (Å²) in [5, 5.41) is 6.12. The highest BCUT2D eigenvalue weighted by molar-refractivity contribution is 6.32. The van der Waals surface area contributed by atoms with Crippen LogP contribution in [0.5, 0.6) is 5.75 Å². The normalized spacial score (nSPS) is 9.91. The number of anilines is 2. The summed E-state index contributed by atoms with van der Waals surface area (Å²) in [6.07, 6.45) is 4.49. The average Bonchev–Trinajstić information content (AvgIpc) is 2.53. The summed E-state index contributed by atoms with van der Waals surface area (Å²) in [6.45, 7) is 3.92. The summed E-state index contributed by atoms with van der Waals surface area (Å²) in [6, 6.07) is 5.23. The molecule has 2 N–H and O–H groups in total. The van der Waals surface area contributed by atoms with Gasteiger partial charge in [0.05, 0.1) is 17.7 Å². The molecule has 0 aliphatic carbocycles. The lowest BCUT2D eigenvalue weighted by molar-refractivity contribution is 0.0957. The minimum Gasteiger partial charge on any atom is -0.495 e. The number of methoxy groups -OCH3 is 1. The Bertz CT molecular complexity index is 674. The predicted octanol–water partition coefficient (Wildman–Crippen LogP) is 2.80. The predicted molar refractivity (Wildman–Crippen MR) is 85.8 cm³/mol. The molecular weight excluding hydrogens is 304 g/mol. The number of halogens is 1. The maximum absolute atomic E-state index is 11.7. The first-order chi connectivity index (χ1) is 10.6.